The van der Waals surface area contributed by atoms with Crippen molar-refractivity contribution in [2.24, 2.45) is 11.7 Å². The first kappa shape index (κ1) is 12.5. The molecule has 0 aromatic heterocycles. The highest BCUT2D eigenvalue weighted by Crippen LogP contribution is 2.26. The molecule has 0 bridgehead atoms. The summed E-state index contributed by atoms with van der Waals surface area (Å²) in [6, 6.07) is 0. The average molecular weight is 214 g/mol. The van der Waals surface area contributed by atoms with Crippen molar-refractivity contribution in [3.8, 4) is 0 Å². The van der Waals surface area contributed by atoms with Gasteiger partial charge in [0.25, 0.3) is 0 Å². The van der Waals surface area contributed by atoms with Crippen LogP contribution in [0.3, 0.4) is 0 Å². The van der Waals surface area contributed by atoms with E-state index in [-0.39, 0.29) is 12.0 Å². The zero-order valence-electron chi connectivity index (χ0n) is 9.62. The van der Waals surface area contributed by atoms with Gasteiger partial charge in [0, 0.05) is 6.54 Å². The lowest BCUT2D eigenvalue weighted by molar-refractivity contribution is -0.126. The van der Waals surface area contributed by atoms with Gasteiger partial charge in [0.05, 0.1) is 11.6 Å². The number of aliphatic hydroxyl groups is 1. The molecule has 0 spiro atoms. The number of nitrogens with two attached hydrogens (primary N) is 1. The fourth-order valence-corrected chi connectivity index (χ4v) is 1.94. The topological polar surface area (TPSA) is 75.4 Å². The van der Waals surface area contributed by atoms with Gasteiger partial charge in [-0.2, -0.15) is 0 Å². The molecule has 0 aromatic rings. The lowest BCUT2D eigenvalue weighted by atomic mass is 9.82. The van der Waals surface area contributed by atoms with Crippen LogP contribution >= 0.6 is 0 Å². The minimum Gasteiger partial charge on any atom is -0.393 e. The molecule has 1 saturated carbocycles. The number of hydrogen-bond acceptors (Lipinski definition) is 3. The van der Waals surface area contributed by atoms with Crippen LogP contribution in [0.2, 0.25) is 0 Å². The maximum atomic E-state index is 11.7. The molecule has 0 radical (unpaired) electrons. The Morgan fingerprint density at radius 3 is 2.67 bits per heavy atom. The van der Waals surface area contributed by atoms with Gasteiger partial charge in [-0.1, -0.05) is 13.3 Å². The second-order valence-electron chi connectivity index (χ2n) is 4.87. The summed E-state index contributed by atoms with van der Waals surface area (Å²) < 4.78 is 0. The highest BCUT2D eigenvalue weighted by Gasteiger charge is 2.30. The molecule has 0 aromatic carbocycles. The third-order valence-electron chi connectivity index (χ3n) is 3.05. The molecule has 0 saturated heterocycles. The molecule has 1 fully saturated rings. The molecule has 4 heteroatoms. The van der Waals surface area contributed by atoms with E-state index < -0.39 is 5.54 Å². The van der Waals surface area contributed by atoms with Crippen LogP contribution in [0.15, 0.2) is 0 Å². The maximum absolute atomic E-state index is 11.7. The third kappa shape index (κ3) is 3.47. The Balaban J connectivity index is 2.23. The Labute approximate surface area is 91.2 Å². The number of aliphatic hydroxyl groups excluding tert-OH is 1. The zero-order valence-corrected chi connectivity index (χ0v) is 9.62. The normalized spacial score (nSPS) is 29.1. The average Bonchev–Trinajstić information content (AvgIpc) is 2.09. The predicted octanol–water partition coefficient (Wildman–Crippen LogP) is 0.391. The van der Waals surface area contributed by atoms with Crippen LogP contribution in [0.25, 0.3) is 0 Å². The van der Waals surface area contributed by atoms with Crippen LogP contribution in [-0.4, -0.2) is 29.2 Å². The van der Waals surface area contributed by atoms with Crippen LogP contribution < -0.4 is 11.1 Å². The van der Waals surface area contributed by atoms with E-state index in [0.29, 0.717) is 18.9 Å². The first-order valence-corrected chi connectivity index (χ1v) is 5.71. The molecule has 4 N–H and O–H groups in total. The Morgan fingerprint density at radius 2 is 2.20 bits per heavy atom. The summed E-state index contributed by atoms with van der Waals surface area (Å²) in [5.41, 5.74) is 5.13. The van der Waals surface area contributed by atoms with Gasteiger partial charge < -0.3 is 16.2 Å². The van der Waals surface area contributed by atoms with E-state index in [1.807, 2.05) is 6.92 Å². The monoisotopic (exact) mass is 214 g/mol. The molecule has 1 aliphatic carbocycles. The van der Waals surface area contributed by atoms with Crippen molar-refractivity contribution in [3.05, 3.63) is 0 Å². The zero-order chi connectivity index (χ0) is 11.5. The van der Waals surface area contributed by atoms with Gasteiger partial charge in [-0.3, -0.25) is 4.79 Å². The number of rotatable bonds is 5. The molecule has 4 nitrogen and oxygen atoms in total. The van der Waals surface area contributed by atoms with E-state index in [9.17, 15) is 4.79 Å². The van der Waals surface area contributed by atoms with Crippen molar-refractivity contribution >= 4 is 5.91 Å². The summed E-state index contributed by atoms with van der Waals surface area (Å²) in [4.78, 5) is 11.7. The van der Waals surface area contributed by atoms with Crippen molar-refractivity contribution in [2.75, 3.05) is 6.54 Å². The summed E-state index contributed by atoms with van der Waals surface area (Å²) >= 11 is 0. The van der Waals surface area contributed by atoms with E-state index in [1.54, 1.807) is 6.92 Å². The summed E-state index contributed by atoms with van der Waals surface area (Å²) in [6.45, 7) is 4.43. The Kier molecular flexibility index (Phi) is 4.11. The smallest absolute Gasteiger partial charge is 0.239 e. The fourth-order valence-electron chi connectivity index (χ4n) is 1.94. The maximum Gasteiger partial charge on any atom is 0.239 e. The highest BCUT2D eigenvalue weighted by molar-refractivity contribution is 5.85. The molecule has 1 rings (SSSR count). The predicted molar refractivity (Wildman–Crippen MR) is 59.2 cm³/mol. The lowest BCUT2D eigenvalue weighted by Gasteiger charge is -2.32. The standard InChI is InChI=1S/C11H22N2O2/c1-3-4-11(2,12)10(15)13-7-8-5-9(14)6-8/h8-9,14H,3-7,12H2,1-2H3,(H,13,15). The van der Waals surface area contributed by atoms with Crippen molar-refractivity contribution in [3.63, 3.8) is 0 Å². The SMILES string of the molecule is CCCC(C)(N)C(=O)NCC1CC(O)C1. The van der Waals surface area contributed by atoms with Crippen LogP contribution in [0, 0.1) is 5.92 Å². The largest absolute Gasteiger partial charge is 0.393 e. The van der Waals surface area contributed by atoms with Crippen molar-refractivity contribution < 1.29 is 9.90 Å². The van der Waals surface area contributed by atoms with Gasteiger partial charge in [0.2, 0.25) is 5.91 Å². The lowest BCUT2D eigenvalue weighted by Crippen LogP contribution is -2.53. The molecular formula is C11H22N2O2. The first-order chi connectivity index (χ1) is 6.95. The summed E-state index contributed by atoms with van der Waals surface area (Å²) in [5, 5.41) is 11.9. The quantitative estimate of drug-likeness (QED) is 0.619. The fraction of sp³-hybridized carbons (Fsp3) is 0.909. The molecule has 1 atom stereocenters. The number of amides is 1. The van der Waals surface area contributed by atoms with Crippen molar-refractivity contribution in [1.82, 2.24) is 5.32 Å². The minimum atomic E-state index is -0.753. The molecule has 1 unspecified atom stereocenters. The van der Waals surface area contributed by atoms with Crippen LogP contribution in [-0.2, 0) is 4.79 Å². The molecular weight excluding hydrogens is 192 g/mol. The number of carbonyl (C=O) groups excluding carboxylic acids is 1. The summed E-state index contributed by atoms with van der Waals surface area (Å²) in [7, 11) is 0. The molecule has 0 aliphatic heterocycles. The minimum absolute atomic E-state index is 0.0780. The van der Waals surface area contributed by atoms with E-state index in [1.165, 1.54) is 0 Å². The summed E-state index contributed by atoms with van der Waals surface area (Å²) in [6.07, 6.45) is 3.05. The Hall–Kier alpha value is -0.610. The van der Waals surface area contributed by atoms with Gasteiger partial charge in [0.1, 0.15) is 0 Å². The molecule has 1 amide bonds. The molecule has 88 valence electrons. The summed E-state index contributed by atoms with van der Waals surface area (Å²) in [5.74, 6) is 0.354. The Bertz CT molecular complexity index is 223. The number of hydrogen-bond donors (Lipinski definition) is 3. The van der Waals surface area contributed by atoms with Gasteiger partial charge >= 0.3 is 0 Å². The van der Waals surface area contributed by atoms with Crippen molar-refractivity contribution in [2.45, 2.75) is 51.2 Å². The first-order valence-electron chi connectivity index (χ1n) is 5.71. The molecule has 0 heterocycles. The van der Waals surface area contributed by atoms with Crippen LogP contribution in [0.1, 0.15) is 39.5 Å². The van der Waals surface area contributed by atoms with E-state index >= 15 is 0 Å². The highest BCUT2D eigenvalue weighted by atomic mass is 16.3. The van der Waals surface area contributed by atoms with E-state index in [0.717, 1.165) is 19.3 Å². The van der Waals surface area contributed by atoms with Gasteiger partial charge in [0.15, 0.2) is 0 Å². The van der Waals surface area contributed by atoms with Gasteiger partial charge in [-0.05, 0) is 32.1 Å². The molecule has 1 aliphatic rings. The van der Waals surface area contributed by atoms with Crippen LogP contribution in [0.4, 0.5) is 0 Å². The third-order valence-corrected chi connectivity index (χ3v) is 3.05. The van der Waals surface area contributed by atoms with Crippen molar-refractivity contribution in [1.29, 1.82) is 0 Å². The molecule has 15 heavy (non-hydrogen) atoms. The number of nitrogens with one attached hydrogen (secondary N) is 1. The van der Waals surface area contributed by atoms with Crippen LogP contribution in [0.5, 0.6) is 0 Å². The second kappa shape index (κ2) is 4.94. The van der Waals surface area contributed by atoms with E-state index in [4.69, 9.17) is 10.8 Å². The van der Waals surface area contributed by atoms with Gasteiger partial charge in [-0.15, -0.1) is 0 Å². The number of carbonyl (C=O) groups is 1. The van der Waals surface area contributed by atoms with Gasteiger partial charge in [-0.25, -0.2) is 0 Å². The van der Waals surface area contributed by atoms with E-state index in [2.05, 4.69) is 5.32 Å². The second-order valence-corrected chi connectivity index (χ2v) is 4.87. The Morgan fingerprint density at radius 1 is 1.60 bits per heavy atom.